The van der Waals surface area contributed by atoms with Gasteiger partial charge in [0.15, 0.2) is 11.6 Å². The number of nitrogens with zero attached hydrogens (tertiary/aromatic N) is 3. The number of nitrogen functional groups attached to an aromatic ring is 1. The van der Waals surface area contributed by atoms with Crippen molar-refractivity contribution in [3.8, 4) is 5.75 Å². The molecule has 0 spiro atoms. The van der Waals surface area contributed by atoms with Crippen LogP contribution in [0.1, 0.15) is 13.8 Å². The molecule has 0 aliphatic rings. The van der Waals surface area contributed by atoms with Gasteiger partial charge in [-0.15, -0.1) is 0 Å². The molecule has 0 saturated heterocycles. The largest absolute Gasteiger partial charge is 0.490 e. The van der Waals surface area contributed by atoms with E-state index in [0.29, 0.717) is 24.7 Å². The highest BCUT2D eigenvalue weighted by Gasteiger charge is 2.13. The summed E-state index contributed by atoms with van der Waals surface area (Å²) in [6.07, 6.45) is 1.32. The van der Waals surface area contributed by atoms with Crippen molar-refractivity contribution in [3.05, 3.63) is 6.33 Å². The van der Waals surface area contributed by atoms with Gasteiger partial charge in [-0.2, -0.15) is 0 Å². The zero-order valence-corrected chi connectivity index (χ0v) is 10.9. The summed E-state index contributed by atoms with van der Waals surface area (Å²) in [5.41, 5.74) is 5.64. The van der Waals surface area contributed by atoms with Crippen molar-refractivity contribution in [2.75, 3.05) is 37.8 Å². The molecule has 7 nitrogen and oxygen atoms in total. The lowest BCUT2D eigenvalue weighted by Gasteiger charge is -2.19. The second-order valence-corrected chi connectivity index (χ2v) is 3.56. The first-order valence-corrected chi connectivity index (χ1v) is 5.80. The van der Waals surface area contributed by atoms with Crippen LogP contribution in [0.4, 0.5) is 11.6 Å². The van der Waals surface area contributed by atoms with Gasteiger partial charge in [0.25, 0.3) is 0 Å². The van der Waals surface area contributed by atoms with Gasteiger partial charge in [-0.25, -0.2) is 9.97 Å². The van der Waals surface area contributed by atoms with E-state index >= 15 is 0 Å². The average Bonchev–Trinajstić information content (AvgIpc) is 2.37. The molecule has 0 atom stereocenters. The number of anilines is 2. The molecule has 0 fully saturated rings. The van der Waals surface area contributed by atoms with E-state index in [1.165, 1.54) is 13.4 Å². The quantitative estimate of drug-likeness (QED) is 0.759. The van der Waals surface area contributed by atoms with Gasteiger partial charge < -0.3 is 20.7 Å². The molecule has 100 valence electrons. The molecule has 0 aliphatic heterocycles. The Morgan fingerprint density at radius 2 is 2.11 bits per heavy atom. The minimum atomic E-state index is -0.000707. The standard InChI is InChI=1S/C11H19N5O2/c1-4-16(5-2)8(17)6-13-11-9(18-3)10(12)14-7-15-11/h7H,4-6H2,1-3H3,(H3,12,13,14,15). The fourth-order valence-corrected chi connectivity index (χ4v) is 1.56. The fraction of sp³-hybridized carbons (Fsp3) is 0.545. The summed E-state index contributed by atoms with van der Waals surface area (Å²) in [6.45, 7) is 5.38. The Kier molecular flexibility index (Phi) is 5.16. The molecule has 3 N–H and O–H groups in total. The summed E-state index contributed by atoms with van der Waals surface area (Å²) in [6, 6.07) is 0. The number of hydrogen-bond donors (Lipinski definition) is 2. The Hall–Kier alpha value is -2.05. The van der Waals surface area contributed by atoms with Crippen LogP contribution in [0.2, 0.25) is 0 Å². The Bertz CT molecular complexity index is 406. The maximum Gasteiger partial charge on any atom is 0.241 e. The third-order valence-corrected chi connectivity index (χ3v) is 2.56. The van der Waals surface area contributed by atoms with E-state index in [1.807, 2.05) is 13.8 Å². The maximum absolute atomic E-state index is 11.8. The number of aromatic nitrogens is 2. The summed E-state index contributed by atoms with van der Waals surface area (Å²) >= 11 is 0. The number of amides is 1. The summed E-state index contributed by atoms with van der Waals surface area (Å²) in [7, 11) is 1.48. The normalized spacial score (nSPS) is 9.94. The van der Waals surface area contributed by atoms with Crippen LogP contribution < -0.4 is 15.8 Å². The van der Waals surface area contributed by atoms with Crippen molar-refractivity contribution in [3.63, 3.8) is 0 Å². The van der Waals surface area contributed by atoms with E-state index in [-0.39, 0.29) is 18.3 Å². The molecular weight excluding hydrogens is 234 g/mol. The van der Waals surface area contributed by atoms with Gasteiger partial charge >= 0.3 is 0 Å². The summed E-state index contributed by atoms with van der Waals surface area (Å²) in [4.78, 5) is 21.3. The third kappa shape index (κ3) is 3.22. The van der Waals surface area contributed by atoms with Gasteiger partial charge in [0, 0.05) is 13.1 Å². The molecular formula is C11H19N5O2. The van der Waals surface area contributed by atoms with Crippen LogP contribution in [0, 0.1) is 0 Å². The third-order valence-electron chi connectivity index (χ3n) is 2.56. The smallest absolute Gasteiger partial charge is 0.241 e. The highest BCUT2D eigenvalue weighted by molar-refractivity contribution is 5.81. The lowest BCUT2D eigenvalue weighted by Crippen LogP contribution is -2.35. The molecule has 1 aromatic rings. The number of nitrogens with two attached hydrogens (primary N) is 1. The van der Waals surface area contributed by atoms with Crippen molar-refractivity contribution in [2.24, 2.45) is 0 Å². The zero-order valence-electron chi connectivity index (χ0n) is 10.9. The molecule has 0 bridgehead atoms. The molecule has 7 heteroatoms. The number of carbonyl (C=O) groups is 1. The molecule has 1 heterocycles. The number of ether oxygens (including phenoxy) is 1. The molecule has 1 amide bonds. The Labute approximate surface area is 106 Å². The van der Waals surface area contributed by atoms with Crippen molar-refractivity contribution >= 4 is 17.5 Å². The van der Waals surface area contributed by atoms with E-state index in [0.717, 1.165) is 0 Å². The number of carbonyl (C=O) groups excluding carboxylic acids is 1. The highest BCUT2D eigenvalue weighted by Crippen LogP contribution is 2.25. The molecule has 18 heavy (non-hydrogen) atoms. The molecule has 1 aromatic heterocycles. The predicted octanol–water partition coefficient (Wildman–Crippen LogP) is 0.348. The Balaban J connectivity index is 2.69. The van der Waals surface area contributed by atoms with Gasteiger partial charge in [0.2, 0.25) is 11.7 Å². The summed E-state index contributed by atoms with van der Waals surface area (Å²) < 4.78 is 5.08. The second kappa shape index (κ2) is 6.63. The van der Waals surface area contributed by atoms with Crippen LogP contribution in [0.25, 0.3) is 0 Å². The number of nitrogens with one attached hydrogen (secondary N) is 1. The molecule has 0 radical (unpaired) electrons. The predicted molar refractivity (Wildman–Crippen MR) is 69.4 cm³/mol. The topological polar surface area (TPSA) is 93.4 Å². The second-order valence-electron chi connectivity index (χ2n) is 3.56. The minimum absolute atomic E-state index is 0.000707. The molecule has 0 saturated carbocycles. The first-order chi connectivity index (χ1) is 8.63. The van der Waals surface area contributed by atoms with Gasteiger partial charge in [0.05, 0.1) is 13.7 Å². The Morgan fingerprint density at radius 3 is 2.67 bits per heavy atom. The summed E-state index contributed by atoms with van der Waals surface area (Å²) in [5, 5.41) is 2.91. The first-order valence-electron chi connectivity index (χ1n) is 5.80. The van der Waals surface area contributed by atoms with Gasteiger partial charge in [0.1, 0.15) is 6.33 Å². The molecule has 1 rings (SSSR count). The van der Waals surface area contributed by atoms with Crippen LogP contribution in [0.5, 0.6) is 5.75 Å². The van der Waals surface area contributed by atoms with Gasteiger partial charge in [-0.05, 0) is 13.8 Å². The lowest BCUT2D eigenvalue weighted by atomic mass is 10.4. The van der Waals surface area contributed by atoms with Gasteiger partial charge in [-0.1, -0.05) is 0 Å². The van der Waals surface area contributed by atoms with E-state index in [1.54, 1.807) is 4.90 Å². The van der Waals surface area contributed by atoms with Crippen LogP contribution in [-0.4, -0.2) is 47.5 Å². The Morgan fingerprint density at radius 1 is 1.44 bits per heavy atom. The van der Waals surface area contributed by atoms with Crippen molar-refractivity contribution in [1.82, 2.24) is 14.9 Å². The number of hydrogen-bond acceptors (Lipinski definition) is 6. The van der Waals surface area contributed by atoms with E-state index < -0.39 is 0 Å². The van der Waals surface area contributed by atoms with Gasteiger partial charge in [-0.3, -0.25) is 4.79 Å². The lowest BCUT2D eigenvalue weighted by molar-refractivity contribution is -0.128. The number of methoxy groups -OCH3 is 1. The van der Waals surface area contributed by atoms with Crippen LogP contribution in [0.15, 0.2) is 6.33 Å². The minimum Gasteiger partial charge on any atom is -0.490 e. The van der Waals surface area contributed by atoms with Crippen molar-refractivity contribution in [2.45, 2.75) is 13.8 Å². The van der Waals surface area contributed by atoms with Crippen molar-refractivity contribution in [1.29, 1.82) is 0 Å². The van der Waals surface area contributed by atoms with Crippen molar-refractivity contribution < 1.29 is 9.53 Å². The maximum atomic E-state index is 11.8. The highest BCUT2D eigenvalue weighted by atomic mass is 16.5. The fourth-order valence-electron chi connectivity index (χ4n) is 1.56. The molecule has 0 aliphatic carbocycles. The zero-order chi connectivity index (χ0) is 13.5. The first kappa shape index (κ1) is 14.0. The van der Waals surface area contributed by atoms with Crippen LogP contribution in [-0.2, 0) is 4.79 Å². The SMILES string of the molecule is CCN(CC)C(=O)CNc1ncnc(N)c1OC. The monoisotopic (exact) mass is 253 g/mol. The summed E-state index contributed by atoms with van der Waals surface area (Å²) in [5.74, 6) is 1.01. The van der Waals surface area contributed by atoms with E-state index in [2.05, 4.69) is 15.3 Å². The van der Waals surface area contributed by atoms with Crippen LogP contribution >= 0.6 is 0 Å². The van der Waals surface area contributed by atoms with Crippen LogP contribution in [0.3, 0.4) is 0 Å². The average molecular weight is 253 g/mol. The number of likely N-dealkylation sites (N-methyl/N-ethyl adjacent to an activating group) is 1. The van der Waals surface area contributed by atoms with E-state index in [9.17, 15) is 4.79 Å². The number of rotatable bonds is 6. The molecule has 0 aromatic carbocycles. The molecule has 0 unspecified atom stereocenters. The van der Waals surface area contributed by atoms with E-state index in [4.69, 9.17) is 10.5 Å².